The largest absolute Gasteiger partial charge is 0.504 e. The molecule has 17 heavy (non-hydrogen) atoms. The van der Waals surface area contributed by atoms with Crippen LogP contribution in [0, 0.1) is 6.57 Å². The first kappa shape index (κ1) is 13.7. The second-order valence-corrected chi connectivity index (χ2v) is 10.6. The van der Waals surface area contributed by atoms with E-state index in [1.807, 2.05) is 0 Å². The first-order chi connectivity index (χ1) is 7.96. The number of ether oxygens (including phenoxy) is 2. The van der Waals surface area contributed by atoms with Crippen molar-refractivity contribution >= 4 is 13.9 Å². The molecule has 0 spiro atoms. The van der Waals surface area contributed by atoms with E-state index in [0.717, 1.165) is 12.7 Å². The van der Waals surface area contributed by atoms with Crippen LogP contribution in [0.5, 0.6) is 5.75 Å². The molecule has 5 nitrogen and oxygen atoms in total. The molecule has 0 unspecified atom stereocenters. The lowest BCUT2D eigenvalue weighted by Gasteiger charge is -2.14. The zero-order valence-corrected chi connectivity index (χ0v) is 11.9. The summed E-state index contributed by atoms with van der Waals surface area (Å²) in [6, 6.07) is 1.13. The van der Waals surface area contributed by atoms with Crippen molar-refractivity contribution in [3.8, 4) is 5.75 Å². The lowest BCUT2D eigenvalue weighted by molar-refractivity contribution is 0.0786. The van der Waals surface area contributed by atoms with Crippen LogP contribution in [0.1, 0.15) is 0 Å². The highest BCUT2D eigenvalue weighted by molar-refractivity contribution is 6.76. The van der Waals surface area contributed by atoms with Gasteiger partial charge < -0.3 is 14.3 Å². The van der Waals surface area contributed by atoms with Crippen LogP contribution in [0.25, 0.3) is 4.85 Å². The zero-order chi connectivity index (χ0) is 12.9. The maximum absolute atomic E-state index is 6.93. The Hall–Kier alpha value is -1.32. The van der Waals surface area contributed by atoms with Crippen LogP contribution in [0.15, 0.2) is 6.20 Å². The van der Waals surface area contributed by atoms with E-state index in [-0.39, 0.29) is 5.82 Å². The van der Waals surface area contributed by atoms with Gasteiger partial charge in [0.05, 0.1) is 13.3 Å². The van der Waals surface area contributed by atoms with Crippen LogP contribution in [0.4, 0.5) is 5.82 Å². The molecule has 0 N–H and O–H groups in total. The monoisotopic (exact) mass is 253 g/mol. The van der Waals surface area contributed by atoms with Gasteiger partial charge in [-0.25, -0.2) is 0 Å². The molecule has 0 aliphatic carbocycles. The summed E-state index contributed by atoms with van der Waals surface area (Å²) >= 11 is 0. The van der Waals surface area contributed by atoms with Crippen LogP contribution in [0.2, 0.25) is 25.7 Å². The predicted octanol–water partition coefficient (Wildman–Crippen LogP) is 2.75. The molecule has 1 aromatic heterocycles. The number of hydrogen-bond donors (Lipinski definition) is 0. The molecule has 1 heterocycles. The smallest absolute Gasteiger partial charge is 0.337 e. The molecule has 94 valence electrons. The van der Waals surface area contributed by atoms with Crippen LogP contribution >= 0.6 is 0 Å². The van der Waals surface area contributed by atoms with Gasteiger partial charge >= 0.3 is 5.82 Å². The van der Waals surface area contributed by atoms with E-state index in [1.165, 1.54) is 7.11 Å². The average molecular weight is 253 g/mol. The molecule has 0 atom stereocenters. The van der Waals surface area contributed by atoms with Gasteiger partial charge in [-0.2, -0.15) is 4.68 Å². The van der Waals surface area contributed by atoms with Crippen molar-refractivity contribution in [2.45, 2.75) is 32.4 Å². The van der Waals surface area contributed by atoms with Crippen molar-refractivity contribution in [1.29, 1.82) is 0 Å². The quantitative estimate of drug-likeness (QED) is 0.444. The van der Waals surface area contributed by atoms with Crippen molar-refractivity contribution in [3.05, 3.63) is 17.6 Å². The summed E-state index contributed by atoms with van der Waals surface area (Å²) in [5.74, 6) is 0.773. The summed E-state index contributed by atoms with van der Waals surface area (Å²) in [4.78, 5) is 3.27. The Kier molecular flexibility index (Phi) is 4.72. The summed E-state index contributed by atoms with van der Waals surface area (Å²) in [5.41, 5.74) is 0. The first-order valence-corrected chi connectivity index (χ1v) is 9.23. The van der Waals surface area contributed by atoms with Crippen molar-refractivity contribution in [2.24, 2.45) is 0 Å². The van der Waals surface area contributed by atoms with Crippen molar-refractivity contribution in [1.82, 2.24) is 9.78 Å². The maximum atomic E-state index is 6.93. The fourth-order valence-electron chi connectivity index (χ4n) is 1.22. The van der Waals surface area contributed by atoms with E-state index in [2.05, 4.69) is 29.6 Å². The Balaban J connectivity index is 2.43. The summed E-state index contributed by atoms with van der Waals surface area (Å²) < 4.78 is 12.2. The number of rotatable bonds is 6. The molecular formula is C11H19N3O2Si. The Morgan fingerprint density at radius 1 is 1.47 bits per heavy atom. The van der Waals surface area contributed by atoms with Crippen LogP contribution in [0.3, 0.4) is 0 Å². The highest BCUT2D eigenvalue weighted by atomic mass is 28.3. The Bertz CT molecular complexity index is 404. The SMILES string of the molecule is [C-]#[N+]c1nn(COCC[Si](C)(C)C)cc1OC. The highest BCUT2D eigenvalue weighted by Gasteiger charge is 2.13. The Morgan fingerprint density at radius 2 is 2.18 bits per heavy atom. The minimum absolute atomic E-state index is 0.279. The number of nitrogens with zero attached hydrogens (tertiary/aromatic N) is 3. The topological polar surface area (TPSA) is 40.6 Å². The zero-order valence-electron chi connectivity index (χ0n) is 10.9. The van der Waals surface area contributed by atoms with Crippen LogP contribution in [-0.2, 0) is 11.5 Å². The number of aromatic nitrogens is 2. The molecule has 6 heteroatoms. The second kappa shape index (κ2) is 5.84. The molecule has 1 aromatic rings. The van der Waals surface area contributed by atoms with E-state index in [4.69, 9.17) is 16.0 Å². The molecule has 0 aliphatic rings. The third kappa shape index (κ3) is 4.59. The van der Waals surface area contributed by atoms with Gasteiger partial charge in [0, 0.05) is 14.7 Å². The normalized spacial score (nSPS) is 11.2. The molecule has 0 saturated heterocycles. The van der Waals surface area contributed by atoms with E-state index >= 15 is 0 Å². The lowest BCUT2D eigenvalue weighted by Crippen LogP contribution is -2.22. The van der Waals surface area contributed by atoms with Gasteiger partial charge in [0.2, 0.25) is 0 Å². The molecule has 0 radical (unpaired) electrons. The Morgan fingerprint density at radius 3 is 2.65 bits per heavy atom. The van der Waals surface area contributed by atoms with Gasteiger partial charge in [0.25, 0.3) is 0 Å². The van der Waals surface area contributed by atoms with Crippen molar-refractivity contribution in [3.63, 3.8) is 0 Å². The van der Waals surface area contributed by atoms with Crippen LogP contribution in [-0.4, -0.2) is 31.6 Å². The van der Waals surface area contributed by atoms with E-state index in [9.17, 15) is 0 Å². The predicted molar refractivity (Wildman–Crippen MR) is 69.1 cm³/mol. The minimum Gasteiger partial charge on any atom is -0.504 e. The molecule has 0 fully saturated rings. The van der Waals surface area contributed by atoms with Crippen molar-refractivity contribution < 1.29 is 9.47 Å². The Labute approximate surface area is 103 Å². The number of methoxy groups -OCH3 is 1. The first-order valence-electron chi connectivity index (χ1n) is 5.53. The molecule has 0 saturated carbocycles. The van der Waals surface area contributed by atoms with E-state index < -0.39 is 8.07 Å². The van der Waals surface area contributed by atoms with Crippen molar-refractivity contribution in [2.75, 3.05) is 13.7 Å². The van der Waals surface area contributed by atoms with Gasteiger partial charge in [-0.05, 0) is 11.1 Å². The highest BCUT2D eigenvalue weighted by Crippen LogP contribution is 2.24. The summed E-state index contributed by atoms with van der Waals surface area (Å²) in [6.45, 7) is 15.0. The van der Waals surface area contributed by atoms with Gasteiger partial charge in [0.15, 0.2) is 12.5 Å². The minimum atomic E-state index is -1.04. The van der Waals surface area contributed by atoms with Gasteiger partial charge in [-0.1, -0.05) is 26.2 Å². The van der Waals surface area contributed by atoms with Crippen LogP contribution < -0.4 is 4.74 Å². The molecule has 0 amide bonds. The van der Waals surface area contributed by atoms with Gasteiger partial charge in [0.1, 0.15) is 0 Å². The maximum Gasteiger partial charge on any atom is 0.337 e. The number of hydrogen-bond acceptors (Lipinski definition) is 3. The fourth-order valence-corrected chi connectivity index (χ4v) is 1.97. The third-order valence-electron chi connectivity index (χ3n) is 2.26. The average Bonchev–Trinajstić information content (AvgIpc) is 2.65. The summed E-state index contributed by atoms with van der Waals surface area (Å²) in [6.07, 6.45) is 1.68. The molecular weight excluding hydrogens is 234 g/mol. The molecule has 0 aromatic carbocycles. The second-order valence-electron chi connectivity index (χ2n) is 5.02. The lowest BCUT2D eigenvalue weighted by atomic mass is 10.6. The standard InChI is InChI=1S/C11H19N3O2Si/c1-12-11-10(15-2)8-14(13-11)9-16-6-7-17(3,4)5/h8H,6-7,9H2,2-5H3. The van der Waals surface area contributed by atoms with Gasteiger partial charge in [-0.3, -0.25) is 0 Å². The third-order valence-corrected chi connectivity index (χ3v) is 3.96. The molecule has 0 bridgehead atoms. The fraction of sp³-hybridized carbons (Fsp3) is 0.636. The summed E-state index contributed by atoms with van der Waals surface area (Å²) in [5, 5.41) is 4.06. The molecule has 1 rings (SSSR count). The van der Waals surface area contributed by atoms with E-state index in [0.29, 0.717) is 12.5 Å². The van der Waals surface area contributed by atoms with E-state index in [1.54, 1.807) is 10.9 Å². The molecule has 0 aliphatic heterocycles. The summed E-state index contributed by atoms with van der Waals surface area (Å²) in [7, 11) is 0.487. The van der Waals surface area contributed by atoms with Gasteiger partial charge in [-0.15, -0.1) is 0 Å².